The second-order valence-corrected chi connectivity index (χ2v) is 8.78. The Hall–Kier alpha value is -1.96. The predicted molar refractivity (Wildman–Crippen MR) is 101 cm³/mol. The van der Waals surface area contributed by atoms with Gasteiger partial charge in [-0.25, -0.2) is 13.4 Å². The predicted octanol–water partition coefficient (Wildman–Crippen LogP) is 3.41. The number of nitrogens with zero attached hydrogens (tertiary/aromatic N) is 2. The van der Waals surface area contributed by atoms with Gasteiger partial charge in [0.05, 0.1) is 10.5 Å². The molecule has 2 aromatic rings. The van der Waals surface area contributed by atoms with E-state index in [-0.39, 0.29) is 10.8 Å². The Morgan fingerprint density at radius 3 is 2.58 bits per heavy atom. The molecule has 1 aromatic heterocycles. The van der Waals surface area contributed by atoms with E-state index in [9.17, 15) is 13.2 Å². The average molecular weight is 394 g/mol. The molecule has 1 amide bonds. The number of anilines is 1. The van der Waals surface area contributed by atoms with E-state index >= 15 is 0 Å². The number of carbonyl (C=O) groups excluding carboxylic acids is 1. The Labute approximate surface area is 158 Å². The number of amides is 1. The molecule has 26 heavy (non-hydrogen) atoms. The van der Waals surface area contributed by atoms with Gasteiger partial charge in [0.1, 0.15) is 5.15 Å². The number of carbonyl (C=O) groups is 1. The largest absolute Gasteiger partial charge is 0.322 e. The molecule has 0 saturated carbocycles. The van der Waals surface area contributed by atoms with Crippen LogP contribution in [0.3, 0.4) is 0 Å². The molecule has 1 saturated heterocycles. The van der Waals surface area contributed by atoms with Gasteiger partial charge in [-0.3, -0.25) is 4.79 Å². The first-order valence-corrected chi connectivity index (χ1v) is 10.2. The van der Waals surface area contributed by atoms with Crippen LogP contribution < -0.4 is 5.32 Å². The number of benzene rings is 1. The molecule has 0 radical (unpaired) electrons. The summed E-state index contributed by atoms with van der Waals surface area (Å²) in [6, 6.07) is 9.31. The maximum absolute atomic E-state index is 12.7. The molecule has 8 heteroatoms. The van der Waals surface area contributed by atoms with Crippen LogP contribution in [0.1, 0.15) is 30.1 Å². The Bertz CT molecular complexity index is 883. The van der Waals surface area contributed by atoms with E-state index in [4.69, 9.17) is 11.6 Å². The highest BCUT2D eigenvalue weighted by Gasteiger charge is 2.28. The van der Waals surface area contributed by atoms with E-state index in [0.717, 1.165) is 12.8 Å². The minimum absolute atomic E-state index is 0.234. The molecule has 6 nitrogen and oxygen atoms in total. The highest BCUT2D eigenvalue weighted by molar-refractivity contribution is 7.89. The summed E-state index contributed by atoms with van der Waals surface area (Å²) in [5.74, 6) is 0.0275. The van der Waals surface area contributed by atoms with Crippen LogP contribution in [-0.4, -0.2) is 36.7 Å². The van der Waals surface area contributed by atoms with Crippen LogP contribution in [-0.2, 0) is 10.0 Å². The zero-order chi connectivity index (χ0) is 18.7. The van der Waals surface area contributed by atoms with Crippen molar-refractivity contribution in [1.29, 1.82) is 0 Å². The van der Waals surface area contributed by atoms with Gasteiger partial charge in [-0.1, -0.05) is 18.5 Å². The molecule has 1 atom stereocenters. The summed E-state index contributed by atoms with van der Waals surface area (Å²) >= 11 is 5.71. The molecule has 1 aliphatic heterocycles. The van der Waals surface area contributed by atoms with Gasteiger partial charge in [0.25, 0.3) is 5.91 Å². The average Bonchev–Trinajstić information content (AvgIpc) is 2.62. The van der Waals surface area contributed by atoms with Crippen LogP contribution in [0.2, 0.25) is 5.15 Å². The Balaban J connectivity index is 1.71. The maximum atomic E-state index is 12.7. The van der Waals surface area contributed by atoms with E-state index < -0.39 is 10.0 Å². The lowest BCUT2D eigenvalue weighted by atomic mass is 10.0. The number of hydrogen-bond donors (Lipinski definition) is 1. The minimum atomic E-state index is -3.50. The Morgan fingerprint density at radius 2 is 1.96 bits per heavy atom. The second-order valence-electron chi connectivity index (χ2n) is 6.46. The fourth-order valence-electron chi connectivity index (χ4n) is 2.94. The third-order valence-electron chi connectivity index (χ3n) is 4.36. The first-order chi connectivity index (χ1) is 12.4. The van der Waals surface area contributed by atoms with E-state index in [1.165, 1.54) is 28.7 Å². The van der Waals surface area contributed by atoms with Crippen molar-refractivity contribution in [3.05, 3.63) is 53.3 Å². The third-order valence-corrected chi connectivity index (χ3v) is 6.46. The lowest BCUT2D eigenvalue weighted by molar-refractivity contribution is 0.102. The normalized spacial score (nSPS) is 18.5. The van der Waals surface area contributed by atoms with Crippen molar-refractivity contribution in [3.63, 3.8) is 0 Å². The molecule has 3 rings (SSSR count). The molecule has 0 aliphatic carbocycles. The first kappa shape index (κ1) is 18.8. The monoisotopic (exact) mass is 393 g/mol. The van der Waals surface area contributed by atoms with E-state index in [1.807, 2.05) is 0 Å². The van der Waals surface area contributed by atoms with Gasteiger partial charge < -0.3 is 5.32 Å². The topological polar surface area (TPSA) is 79.4 Å². The Morgan fingerprint density at radius 1 is 1.23 bits per heavy atom. The van der Waals surface area contributed by atoms with Crippen molar-refractivity contribution in [3.8, 4) is 0 Å². The van der Waals surface area contributed by atoms with Crippen molar-refractivity contribution in [2.45, 2.75) is 24.7 Å². The summed E-state index contributed by atoms with van der Waals surface area (Å²) in [4.78, 5) is 16.3. The summed E-state index contributed by atoms with van der Waals surface area (Å²) in [5, 5.41) is 3.02. The number of sulfonamides is 1. The standard InChI is InChI=1S/C18H20ClN3O3S/c1-13-3-2-10-22(12-13)26(24,25)16-7-5-15(6-8-16)21-18(23)14-4-9-17(19)20-11-14/h4-9,11,13H,2-3,10,12H2,1H3,(H,21,23). The van der Waals surface area contributed by atoms with Crippen molar-refractivity contribution in [2.75, 3.05) is 18.4 Å². The van der Waals surface area contributed by atoms with Crippen molar-refractivity contribution >= 4 is 33.2 Å². The fourth-order valence-corrected chi connectivity index (χ4v) is 4.65. The fraction of sp³-hybridized carbons (Fsp3) is 0.333. The molecule has 0 bridgehead atoms. The second kappa shape index (κ2) is 7.73. The van der Waals surface area contributed by atoms with Gasteiger partial charge in [0.2, 0.25) is 10.0 Å². The number of pyridine rings is 1. The van der Waals surface area contributed by atoms with E-state index in [1.54, 1.807) is 18.2 Å². The SMILES string of the molecule is CC1CCCN(S(=O)(=O)c2ccc(NC(=O)c3ccc(Cl)nc3)cc2)C1. The summed E-state index contributed by atoms with van der Waals surface area (Å²) in [6.07, 6.45) is 3.31. The van der Waals surface area contributed by atoms with Crippen LogP contribution >= 0.6 is 11.6 Å². The first-order valence-electron chi connectivity index (χ1n) is 8.39. The maximum Gasteiger partial charge on any atom is 0.257 e. The lowest BCUT2D eigenvalue weighted by Gasteiger charge is -2.30. The highest BCUT2D eigenvalue weighted by Crippen LogP contribution is 2.24. The molecule has 1 aromatic carbocycles. The van der Waals surface area contributed by atoms with Crippen LogP contribution in [0.15, 0.2) is 47.5 Å². The number of aromatic nitrogens is 1. The summed E-state index contributed by atoms with van der Waals surface area (Å²) < 4.78 is 27.0. The number of hydrogen-bond acceptors (Lipinski definition) is 4. The Kier molecular flexibility index (Phi) is 5.60. The molecule has 1 N–H and O–H groups in total. The number of halogens is 1. The van der Waals surface area contributed by atoms with Gasteiger partial charge in [-0.05, 0) is 55.2 Å². The summed E-state index contributed by atoms with van der Waals surface area (Å²) in [7, 11) is -3.50. The van der Waals surface area contributed by atoms with Crippen molar-refractivity contribution in [1.82, 2.24) is 9.29 Å². The van der Waals surface area contributed by atoms with Crippen LogP contribution in [0.25, 0.3) is 0 Å². The molecule has 0 spiro atoms. The minimum Gasteiger partial charge on any atom is -0.322 e. The van der Waals surface area contributed by atoms with Crippen molar-refractivity contribution < 1.29 is 13.2 Å². The molecular formula is C18H20ClN3O3S. The zero-order valence-corrected chi connectivity index (χ0v) is 15.9. The molecule has 138 valence electrons. The van der Waals surface area contributed by atoms with Crippen LogP contribution in [0.5, 0.6) is 0 Å². The molecule has 1 aliphatic rings. The van der Waals surface area contributed by atoms with Gasteiger partial charge in [-0.15, -0.1) is 0 Å². The molecule has 2 heterocycles. The quantitative estimate of drug-likeness (QED) is 0.807. The molecule has 1 unspecified atom stereocenters. The molecule has 1 fully saturated rings. The van der Waals surface area contributed by atoms with Gasteiger partial charge in [0.15, 0.2) is 0 Å². The van der Waals surface area contributed by atoms with E-state index in [0.29, 0.717) is 35.4 Å². The van der Waals surface area contributed by atoms with Gasteiger partial charge in [0, 0.05) is 25.0 Å². The number of rotatable bonds is 4. The van der Waals surface area contributed by atoms with E-state index in [2.05, 4.69) is 17.2 Å². The number of nitrogens with one attached hydrogen (secondary N) is 1. The summed E-state index contributed by atoms with van der Waals surface area (Å²) in [5.41, 5.74) is 0.879. The molecular weight excluding hydrogens is 374 g/mol. The smallest absolute Gasteiger partial charge is 0.257 e. The van der Waals surface area contributed by atoms with Crippen LogP contribution in [0, 0.1) is 5.92 Å². The summed E-state index contributed by atoms with van der Waals surface area (Å²) in [6.45, 7) is 3.16. The zero-order valence-electron chi connectivity index (χ0n) is 14.4. The third kappa shape index (κ3) is 4.23. The van der Waals surface area contributed by atoms with Gasteiger partial charge in [-0.2, -0.15) is 4.31 Å². The van der Waals surface area contributed by atoms with Crippen LogP contribution in [0.4, 0.5) is 5.69 Å². The van der Waals surface area contributed by atoms with Crippen molar-refractivity contribution in [2.24, 2.45) is 5.92 Å². The van der Waals surface area contributed by atoms with Gasteiger partial charge >= 0.3 is 0 Å². The lowest BCUT2D eigenvalue weighted by Crippen LogP contribution is -2.39. The number of piperidine rings is 1. The highest BCUT2D eigenvalue weighted by atomic mass is 35.5.